The van der Waals surface area contributed by atoms with Gasteiger partial charge in [0, 0.05) is 13.6 Å². The van der Waals surface area contributed by atoms with Crippen LogP contribution < -0.4 is 5.32 Å². The van der Waals surface area contributed by atoms with E-state index in [2.05, 4.69) is 20.8 Å². The number of nitrogens with zero attached hydrogens (tertiary/aromatic N) is 5. The van der Waals surface area contributed by atoms with Crippen LogP contribution in [0, 0.1) is 0 Å². The number of amides is 2. The third-order valence-corrected chi connectivity index (χ3v) is 2.76. The molecule has 1 saturated carbocycles. The van der Waals surface area contributed by atoms with Crippen LogP contribution in [0.1, 0.15) is 38.1 Å². The van der Waals surface area contributed by atoms with Crippen molar-refractivity contribution >= 4 is 6.03 Å². The number of aromatic nitrogens is 4. The lowest BCUT2D eigenvalue weighted by Gasteiger charge is -2.16. The van der Waals surface area contributed by atoms with E-state index in [-0.39, 0.29) is 6.03 Å². The fourth-order valence-electron chi connectivity index (χ4n) is 1.66. The van der Waals surface area contributed by atoms with E-state index < -0.39 is 0 Å². The van der Waals surface area contributed by atoms with E-state index in [9.17, 15) is 4.79 Å². The summed E-state index contributed by atoms with van der Waals surface area (Å²) in [7, 11) is 1.78. The number of hydrogen-bond acceptors (Lipinski definition) is 4. The Morgan fingerprint density at radius 3 is 3.00 bits per heavy atom. The lowest BCUT2D eigenvalue weighted by Crippen LogP contribution is -2.37. The van der Waals surface area contributed by atoms with Crippen molar-refractivity contribution in [2.45, 2.75) is 38.8 Å². The van der Waals surface area contributed by atoms with E-state index in [1.165, 1.54) is 0 Å². The zero-order valence-corrected chi connectivity index (χ0v) is 10.3. The number of rotatable bonds is 5. The van der Waals surface area contributed by atoms with Crippen LogP contribution in [0.3, 0.4) is 0 Å². The number of nitrogens with one attached hydrogen (secondary N) is 1. The lowest BCUT2D eigenvalue weighted by molar-refractivity contribution is 0.208. The third-order valence-electron chi connectivity index (χ3n) is 2.76. The maximum atomic E-state index is 11.7. The Morgan fingerprint density at radius 1 is 1.59 bits per heavy atom. The van der Waals surface area contributed by atoms with Crippen LogP contribution in [0.5, 0.6) is 0 Å². The second-order valence-corrected chi connectivity index (χ2v) is 4.35. The van der Waals surface area contributed by atoms with Crippen molar-refractivity contribution in [1.29, 1.82) is 0 Å². The van der Waals surface area contributed by atoms with Gasteiger partial charge in [-0.15, -0.1) is 5.10 Å². The second kappa shape index (κ2) is 5.11. The van der Waals surface area contributed by atoms with Gasteiger partial charge in [-0.2, -0.15) is 0 Å². The van der Waals surface area contributed by atoms with Gasteiger partial charge in [0.25, 0.3) is 0 Å². The largest absolute Gasteiger partial charge is 0.331 e. The van der Waals surface area contributed by atoms with Crippen molar-refractivity contribution < 1.29 is 4.79 Å². The zero-order chi connectivity index (χ0) is 12.3. The molecule has 1 aromatic heterocycles. The summed E-state index contributed by atoms with van der Waals surface area (Å²) in [6.45, 7) is 3.17. The smallest absolute Gasteiger partial charge is 0.317 e. The van der Waals surface area contributed by atoms with Gasteiger partial charge in [-0.1, -0.05) is 6.92 Å². The summed E-state index contributed by atoms with van der Waals surface area (Å²) in [6, 6.07) is 0.350. The molecule has 0 atom stereocenters. The van der Waals surface area contributed by atoms with Crippen molar-refractivity contribution in [2.24, 2.45) is 0 Å². The molecular formula is C10H18N6O. The fraction of sp³-hybridized carbons (Fsp3) is 0.800. The first kappa shape index (κ1) is 11.8. The van der Waals surface area contributed by atoms with E-state index in [0.29, 0.717) is 12.6 Å². The van der Waals surface area contributed by atoms with Gasteiger partial charge in [0.1, 0.15) is 0 Å². The molecule has 0 unspecified atom stereocenters. The van der Waals surface area contributed by atoms with Gasteiger partial charge >= 0.3 is 6.03 Å². The highest BCUT2D eigenvalue weighted by atomic mass is 16.2. The molecule has 0 saturated heterocycles. The topological polar surface area (TPSA) is 75.9 Å². The first-order chi connectivity index (χ1) is 8.22. The van der Waals surface area contributed by atoms with Crippen LogP contribution in [0.15, 0.2) is 0 Å². The zero-order valence-electron chi connectivity index (χ0n) is 10.3. The van der Waals surface area contributed by atoms with Crippen LogP contribution in [-0.4, -0.2) is 44.7 Å². The average Bonchev–Trinajstić information content (AvgIpc) is 3.06. The van der Waals surface area contributed by atoms with Crippen molar-refractivity contribution in [3.63, 3.8) is 0 Å². The second-order valence-electron chi connectivity index (χ2n) is 4.35. The Bertz CT molecular complexity index is 386. The molecule has 2 amide bonds. The minimum Gasteiger partial charge on any atom is -0.331 e. The number of carbonyl (C=O) groups excluding carboxylic acids is 1. The minimum absolute atomic E-state index is 0.0859. The highest BCUT2D eigenvalue weighted by molar-refractivity contribution is 5.73. The molecule has 2 rings (SSSR count). The standard InChI is InChI=1S/C10H18N6O/c1-3-6-15(2)10(17)11-7-9-12-13-14-16(9)8-4-5-8/h8H,3-7H2,1-2H3,(H,11,17). The monoisotopic (exact) mass is 238 g/mol. The summed E-state index contributed by atoms with van der Waals surface area (Å²) in [4.78, 5) is 13.3. The molecule has 17 heavy (non-hydrogen) atoms. The van der Waals surface area contributed by atoms with Crippen LogP contribution in [0.4, 0.5) is 4.79 Å². The quantitative estimate of drug-likeness (QED) is 0.813. The fourth-order valence-corrected chi connectivity index (χ4v) is 1.66. The van der Waals surface area contributed by atoms with E-state index in [4.69, 9.17) is 0 Å². The Morgan fingerprint density at radius 2 is 2.35 bits per heavy atom. The molecule has 1 fully saturated rings. The Kier molecular flexibility index (Phi) is 3.55. The molecule has 0 radical (unpaired) electrons. The summed E-state index contributed by atoms with van der Waals surface area (Å²) < 4.78 is 1.81. The number of tetrazole rings is 1. The van der Waals surface area contributed by atoms with Crippen LogP contribution >= 0.6 is 0 Å². The summed E-state index contributed by atoms with van der Waals surface area (Å²) in [6.07, 6.45) is 3.20. The average molecular weight is 238 g/mol. The Labute approximate surface area is 100 Å². The molecule has 1 N–H and O–H groups in total. The maximum Gasteiger partial charge on any atom is 0.317 e. The Hall–Kier alpha value is -1.66. The molecule has 7 nitrogen and oxygen atoms in total. The van der Waals surface area contributed by atoms with Crippen LogP contribution in [0.25, 0.3) is 0 Å². The van der Waals surface area contributed by atoms with Crippen molar-refractivity contribution in [2.75, 3.05) is 13.6 Å². The van der Waals surface area contributed by atoms with Crippen LogP contribution in [-0.2, 0) is 6.54 Å². The van der Waals surface area contributed by atoms with Gasteiger partial charge in [0.2, 0.25) is 0 Å². The number of carbonyl (C=O) groups is 1. The molecule has 0 aromatic carbocycles. The predicted molar refractivity (Wildman–Crippen MR) is 61.2 cm³/mol. The molecule has 0 bridgehead atoms. The summed E-state index contributed by atoms with van der Waals surface area (Å²) in [5, 5.41) is 14.3. The van der Waals surface area contributed by atoms with Gasteiger partial charge < -0.3 is 10.2 Å². The number of hydrogen-bond donors (Lipinski definition) is 1. The molecule has 7 heteroatoms. The number of urea groups is 1. The Balaban J connectivity index is 1.84. The first-order valence-electron chi connectivity index (χ1n) is 5.98. The summed E-state index contributed by atoms with van der Waals surface area (Å²) in [5.41, 5.74) is 0. The molecule has 1 aromatic rings. The molecule has 94 valence electrons. The summed E-state index contributed by atoms with van der Waals surface area (Å²) in [5.74, 6) is 0.728. The van der Waals surface area contributed by atoms with Crippen molar-refractivity contribution in [3.05, 3.63) is 5.82 Å². The lowest BCUT2D eigenvalue weighted by atomic mass is 10.4. The SMILES string of the molecule is CCCN(C)C(=O)NCc1nnnn1C1CC1. The molecular weight excluding hydrogens is 220 g/mol. The minimum atomic E-state index is -0.0859. The van der Waals surface area contributed by atoms with Gasteiger partial charge in [0.15, 0.2) is 5.82 Å². The maximum absolute atomic E-state index is 11.7. The van der Waals surface area contributed by atoms with Gasteiger partial charge in [-0.3, -0.25) is 0 Å². The van der Waals surface area contributed by atoms with Crippen molar-refractivity contribution in [1.82, 2.24) is 30.4 Å². The van der Waals surface area contributed by atoms with E-state index in [1.54, 1.807) is 16.6 Å². The van der Waals surface area contributed by atoms with E-state index in [0.717, 1.165) is 31.6 Å². The third kappa shape index (κ3) is 2.92. The van der Waals surface area contributed by atoms with Gasteiger partial charge in [-0.05, 0) is 29.7 Å². The molecule has 0 spiro atoms. The molecule has 1 aliphatic carbocycles. The summed E-state index contributed by atoms with van der Waals surface area (Å²) >= 11 is 0. The van der Waals surface area contributed by atoms with Crippen molar-refractivity contribution in [3.8, 4) is 0 Å². The first-order valence-corrected chi connectivity index (χ1v) is 5.98. The molecule has 1 aliphatic rings. The van der Waals surface area contributed by atoms with E-state index >= 15 is 0 Å². The van der Waals surface area contributed by atoms with Gasteiger partial charge in [-0.25, -0.2) is 9.48 Å². The van der Waals surface area contributed by atoms with Crippen LogP contribution in [0.2, 0.25) is 0 Å². The highest BCUT2D eigenvalue weighted by Crippen LogP contribution is 2.34. The normalized spacial score (nSPS) is 14.7. The van der Waals surface area contributed by atoms with Gasteiger partial charge in [0.05, 0.1) is 12.6 Å². The molecule has 0 aliphatic heterocycles. The van der Waals surface area contributed by atoms with E-state index in [1.807, 2.05) is 6.92 Å². The predicted octanol–water partition coefficient (Wildman–Crippen LogP) is 0.559. The highest BCUT2D eigenvalue weighted by Gasteiger charge is 2.27. The molecule has 1 heterocycles.